The SMILES string of the molecule is CCn1cc(-c2cc(N3CCC[C@@H](NC(=O)c4sc(Cl)cc4OCCN(C)C)C3)c3c(N)ncnn23)cc(C)c1=O. The fourth-order valence-corrected chi connectivity index (χ4v) is 6.23. The Bertz CT molecular complexity index is 1630. The molecule has 5 rings (SSSR count). The van der Waals surface area contributed by atoms with Gasteiger partial charge in [0, 0.05) is 55.6 Å². The number of halogens is 1. The highest BCUT2D eigenvalue weighted by atomic mass is 35.5. The third-order valence-corrected chi connectivity index (χ3v) is 8.48. The lowest BCUT2D eigenvalue weighted by molar-refractivity contribution is 0.0933. The minimum Gasteiger partial charge on any atom is -0.490 e. The summed E-state index contributed by atoms with van der Waals surface area (Å²) in [5.41, 5.74) is 10.3. The summed E-state index contributed by atoms with van der Waals surface area (Å²) in [6.07, 6.45) is 5.00. The molecule has 1 saturated heterocycles. The van der Waals surface area contributed by atoms with Crippen molar-refractivity contribution in [2.24, 2.45) is 0 Å². The van der Waals surface area contributed by atoms with Gasteiger partial charge in [0.1, 0.15) is 29.1 Å². The summed E-state index contributed by atoms with van der Waals surface area (Å²) in [5.74, 6) is 0.667. The van der Waals surface area contributed by atoms with E-state index in [2.05, 4.69) is 20.3 Å². The van der Waals surface area contributed by atoms with Crippen LogP contribution in [0.3, 0.4) is 0 Å². The second kappa shape index (κ2) is 12.1. The van der Waals surface area contributed by atoms with Gasteiger partial charge in [-0.25, -0.2) is 9.50 Å². The third-order valence-electron chi connectivity index (χ3n) is 7.23. The second-order valence-corrected chi connectivity index (χ2v) is 12.2. The van der Waals surface area contributed by atoms with E-state index in [0.717, 1.165) is 42.9 Å². The molecule has 1 aliphatic rings. The number of hydrogen-bond donors (Lipinski definition) is 2. The van der Waals surface area contributed by atoms with Gasteiger partial charge in [-0.1, -0.05) is 11.6 Å². The van der Waals surface area contributed by atoms with Crippen LogP contribution in [-0.2, 0) is 6.54 Å². The number of carbonyl (C=O) groups excluding carboxylic acids is 1. The highest BCUT2D eigenvalue weighted by Gasteiger charge is 2.28. The van der Waals surface area contributed by atoms with E-state index in [1.54, 1.807) is 15.1 Å². The lowest BCUT2D eigenvalue weighted by Crippen LogP contribution is -2.47. The highest BCUT2D eigenvalue weighted by Crippen LogP contribution is 2.36. The van der Waals surface area contributed by atoms with Crippen molar-refractivity contribution in [2.75, 3.05) is 51.0 Å². The Morgan fingerprint density at radius 3 is 2.88 bits per heavy atom. The molecule has 0 spiro atoms. The van der Waals surface area contributed by atoms with E-state index in [4.69, 9.17) is 22.1 Å². The van der Waals surface area contributed by atoms with Gasteiger partial charge in [0.25, 0.3) is 11.5 Å². The van der Waals surface area contributed by atoms with Crippen LogP contribution in [0, 0.1) is 6.92 Å². The van der Waals surface area contributed by atoms with Gasteiger partial charge in [0.2, 0.25) is 0 Å². The molecule has 1 fully saturated rings. The van der Waals surface area contributed by atoms with E-state index >= 15 is 0 Å². The number of pyridine rings is 1. The van der Waals surface area contributed by atoms with E-state index in [1.165, 1.54) is 17.7 Å². The first-order valence-electron chi connectivity index (χ1n) is 13.6. The molecule has 11 nitrogen and oxygen atoms in total. The standard InChI is InChI=1S/C28H35ClN8O3S/c1-5-35-14-18(11-17(2)28(35)39)20-12-21(24-26(30)31-16-32-37(20)24)36-8-6-7-19(15-36)33-27(38)25-22(13-23(29)41-25)40-10-9-34(3)4/h11-14,16,19H,5-10,15H2,1-4H3,(H,33,38)(H2,30,31,32)/t19-/m1/s1. The first-order chi connectivity index (χ1) is 19.7. The molecular formula is C28H35ClN8O3S. The summed E-state index contributed by atoms with van der Waals surface area (Å²) < 4.78 is 9.85. The van der Waals surface area contributed by atoms with Crippen LogP contribution in [-0.4, -0.2) is 76.4 Å². The zero-order valence-corrected chi connectivity index (χ0v) is 25.3. The van der Waals surface area contributed by atoms with Gasteiger partial charge in [-0.15, -0.1) is 11.3 Å². The molecule has 0 unspecified atom stereocenters. The molecule has 3 N–H and O–H groups in total. The molecule has 1 amide bonds. The second-order valence-electron chi connectivity index (χ2n) is 10.5. The van der Waals surface area contributed by atoms with Gasteiger partial charge in [-0.3, -0.25) is 9.59 Å². The van der Waals surface area contributed by atoms with Crippen LogP contribution in [0.5, 0.6) is 5.75 Å². The lowest BCUT2D eigenvalue weighted by Gasteiger charge is -2.34. The Morgan fingerprint density at radius 1 is 1.32 bits per heavy atom. The van der Waals surface area contributed by atoms with Crippen molar-refractivity contribution in [3.05, 3.63) is 55.9 Å². The van der Waals surface area contributed by atoms with Crippen molar-refractivity contribution in [1.29, 1.82) is 0 Å². The molecule has 218 valence electrons. The van der Waals surface area contributed by atoms with Crippen LogP contribution in [0.4, 0.5) is 11.5 Å². The van der Waals surface area contributed by atoms with Gasteiger partial charge < -0.3 is 30.2 Å². The minimum atomic E-state index is -0.198. The Morgan fingerprint density at radius 2 is 2.12 bits per heavy atom. The molecule has 0 aromatic carbocycles. The van der Waals surface area contributed by atoms with Gasteiger partial charge in [0.15, 0.2) is 5.82 Å². The fraction of sp³-hybridized carbons (Fsp3) is 0.429. The van der Waals surface area contributed by atoms with Crippen molar-refractivity contribution >= 4 is 45.9 Å². The molecule has 4 aromatic rings. The van der Waals surface area contributed by atoms with Crippen molar-refractivity contribution < 1.29 is 9.53 Å². The Labute approximate surface area is 247 Å². The molecule has 41 heavy (non-hydrogen) atoms. The van der Waals surface area contributed by atoms with Gasteiger partial charge in [-0.2, -0.15) is 5.10 Å². The zero-order valence-electron chi connectivity index (χ0n) is 23.7. The molecule has 4 aromatic heterocycles. The van der Waals surface area contributed by atoms with Crippen molar-refractivity contribution in [3.63, 3.8) is 0 Å². The molecule has 13 heteroatoms. The maximum absolute atomic E-state index is 13.3. The number of nitrogen functional groups attached to an aromatic ring is 1. The van der Waals surface area contributed by atoms with Crippen LogP contribution in [0.1, 0.15) is 35.0 Å². The van der Waals surface area contributed by atoms with Gasteiger partial charge in [-0.05, 0) is 52.9 Å². The summed E-state index contributed by atoms with van der Waals surface area (Å²) >= 11 is 7.47. The van der Waals surface area contributed by atoms with Gasteiger partial charge in [0.05, 0.1) is 15.7 Å². The zero-order chi connectivity index (χ0) is 29.3. The number of rotatable bonds is 9. The number of anilines is 2. The van der Waals surface area contributed by atoms with Crippen LogP contribution in [0.2, 0.25) is 4.34 Å². The minimum absolute atomic E-state index is 0.0145. The number of thiophene rings is 1. The van der Waals surface area contributed by atoms with Crippen molar-refractivity contribution in [1.82, 2.24) is 29.4 Å². The maximum Gasteiger partial charge on any atom is 0.265 e. The molecule has 5 heterocycles. The van der Waals surface area contributed by atoms with Crippen molar-refractivity contribution in [3.8, 4) is 17.0 Å². The predicted molar refractivity (Wildman–Crippen MR) is 164 cm³/mol. The number of amides is 1. The maximum atomic E-state index is 13.3. The number of hydrogen-bond acceptors (Lipinski definition) is 9. The number of piperidine rings is 1. The number of nitrogens with two attached hydrogens (primary N) is 1. The predicted octanol–water partition coefficient (Wildman–Crippen LogP) is 3.52. The number of carbonyl (C=O) groups is 1. The van der Waals surface area contributed by atoms with E-state index in [1.807, 2.05) is 51.2 Å². The molecule has 0 aliphatic carbocycles. The normalized spacial score (nSPS) is 15.6. The Balaban J connectivity index is 1.41. The van der Waals surface area contributed by atoms with E-state index < -0.39 is 0 Å². The lowest BCUT2D eigenvalue weighted by atomic mass is 10.0. The van der Waals surface area contributed by atoms with E-state index in [9.17, 15) is 9.59 Å². The number of nitrogens with zero attached hydrogens (tertiary/aromatic N) is 6. The number of nitrogens with one attached hydrogen (secondary N) is 1. The topological polar surface area (TPSA) is 123 Å². The smallest absolute Gasteiger partial charge is 0.265 e. The summed E-state index contributed by atoms with van der Waals surface area (Å²) in [4.78, 5) is 34.8. The summed E-state index contributed by atoms with van der Waals surface area (Å²) in [5, 5.41) is 7.70. The average Bonchev–Trinajstić information content (AvgIpc) is 3.51. The Hall–Kier alpha value is -3.61. The number of likely N-dealkylation sites (N-methyl/N-ethyl adjacent to an activating group) is 1. The first kappa shape index (κ1) is 28.9. The fourth-order valence-electron chi connectivity index (χ4n) is 5.17. The summed E-state index contributed by atoms with van der Waals surface area (Å²) in [7, 11) is 3.93. The Kier molecular flexibility index (Phi) is 8.52. The number of aryl methyl sites for hydroxylation is 2. The molecule has 0 radical (unpaired) electrons. The van der Waals surface area contributed by atoms with E-state index in [-0.39, 0.29) is 17.5 Å². The molecule has 1 aliphatic heterocycles. The summed E-state index contributed by atoms with van der Waals surface area (Å²) in [6.45, 7) is 6.88. The summed E-state index contributed by atoms with van der Waals surface area (Å²) in [6, 6.07) is 5.52. The molecule has 1 atom stereocenters. The number of aromatic nitrogens is 4. The highest BCUT2D eigenvalue weighted by molar-refractivity contribution is 7.18. The van der Waals surface area contributed by atoms with Crippen LogP contribution in [0.15, 0.2) is 35.5 Å². The van der Waals surface area contributed by atoms with Gasteiger partial charge >= 0.3 is 0 Å². The number of ether oxygens (including phenoxy) is 1. The molecule has 0 bridgehead atoms. The quantitative estimate of drug-likeness (QED) is 0.300. The average molecular weight is 599 g/mol. The number of fused-ring (bicyclic) bond motifs is 1. The molecule has 0 saturated carbocycles. The van der Waals surface area contributed by atoms with E-state index in [0.29, 0.717) is 51.6 Å². The largest absolute Gasteiger partial charge is 0.490 e. The van der Waals surface area contributed by atoms with Crippen LogP contribution in [0.25, 0.3) is 16.8 Å². The van der Waals surface area contributed by atoms with Crippen LogP contribution >= 0.6 is 22.9 Å². The monoisotopic (exact) mass is 598 g/mol. The third kappa shape index (κ3) is 6.04. The first-order valence-corrected chi connectivity index (χ1v) is 14.8. The van der Waals surface area contributed by atoms with Crippen LogP contribution < -0.4 is 26.2 Å². The van der Waals surface area contributed by atoms with Crippen molar-refractivity contribution in [2.45, 2.75) is 39.3 Å². The molecular weight excluding hydrogens is 564 g/mol.